The second-order valence-corrected chi connectivity index (χ2v) is 5.68. The Kier molecular flexibility index (Phi) is 3.37. The quantitative estimate of drug-likeness (QED) is 0.396. The number of fused-ring (bicyclic) bond motifs is 1. The van der Waals surface area contributed by atoms with E-state index in [4.69, 9.17) is 0 Å². The van der Waals surface area contributed by atoms with Crippen LogP contribution in [-0.4, -0.2) is 19.9 Å². The van der Waals surface area contributed by atoms with E-state index in [1.165, 1.54) is 11.8 Å². The van der Waals surface area contributed by atoms with Crippen molar-refractivity contribution in [2.75, 3.05) is 0 Å². The van der Waals surface area contributed by atoms with E-state index in [1.807, 2.05) is 24.3 Å². The standard InChI is InChI=1S/C12H7IN4S/c13-8-5-14-12(15-6-8)18-11-9-3-1-2-4-10(9)16-7-17-11/h1-7H. The van der Waals surface area contributed by atoms with Crippen LogP contribution in [-0.2, 0) is 0 Å². The van der Waals surface area contributed by atoms with Crippen molar-refractivity contribution in [2.24, 2.45) is 0 Å². The van der Waals surface area contributed by atoms with Gasteiger partial charge < -0.3 is 0 Å². The van der Waals surface area contributed by atoms with Crippen LogP contribution in [0, 0.1) is 3.57 Å². The molecule has 0 spiro atoms. The fourth-order valence-electron chi connectivity index (χ4n) is 1.50. The smallest absolute Gasteiger partial charge is 0.193 e. The maximum absolute atomic E-state index is 4.29. The van der Waals surface area contributed by atoms with Gasteiger partial charge in [-0.15, -0.1) is 0 Å². The molecule has 0 bridgehead atoms. The number of rotatable bonds is 2. The predicted molar refractivity (Wildman–Crippen MR) is 78.4 cm³/mol. The van der Waals surface area contributed by atoms with Crippen molar-refractivity contribution in [3.8, 4) is 0 Å². The molecule has 0 saturated carbocycles. The van der Waals surface area contributed by atoms with Crippen LogP contribution >= 0.6 is 34.4 Å². The van der Waals surface area contributed by atoms with E-state index < -0.39 is 0 Å². The van der Waals surface area contributed by atoms with Gasteiger partial charge in [0.05, 0.1) is 5.52 Å². The van der Waals surface area contributed by atoms with Crippen molar-refractivity contribution >= 4 is 45.3 Å². The van der Waals surface area contributed by atoms with Gasteiger partial charge in [-0.2, -0.15) is 0 Å². The highest BCUT2D eigenvalue weighted by Gasteiger charge is 2.06. The monoisotopic (exact) mass is 366 g/mol. The van der Waals surface area contributed by atoms with Crippen LogP contribution in [0.25, 0.3) is 10.9 Å². The van der Waals surface area contributed by atoms with Gasteiger partial charge in [0.25, 0.3) is 0 Å². The van der Waals surface area contributed by atoms with E-state index in [0.29, 0.717) is 5.16 Å². The Morgan fingerprint density at radius 2 is 1.72 bits per heavy atom. The summed E-state index contributed by atoms with van der Waals surface area (Å²) in [6, 6.07) is 7.91. The first-order valence-electron chi connectivity index (χ1n) is 5.18. The summed E-state index contributed by atoms with van der Waals surface area (Å²) in [6.07, 6.45) is 5.15. The Bertz CT molecular complexity index is 682. The minimum Gasteiger partial charge on any atom is -0.236 e. The molecule has 0 atom stereocenters. The zero-order valence-corrected chi connectivity index (χ0v) is 12.1. The zero-order chi connectivity index (χ0) is 12.4. The molecule has 1 aromatic carbocycles. The van der Waals surface area contributed by atoms with E-state index in [0.717, 1.165) is 19.5 Å². The third-order valence-electron chi connectivity index (χ3n) is 2.29. The summed E-state index contributed by atoms with van der Waals surface area (Å²) in [4.78, 5) is 17.1. The van der Waals surface area contributed by atoms with Crippen LogP contribution in [0.1, 0.15) is 0 Å². The summed E-state index contributed by atoms with van der Waals surface area (Å²) < 4.78 is 1.02. The van der Waals surface area contributed by atoms with E-state index >= 15 is 0 Å². The number of nitrogens with zero attached hydrogens (tertiary/aromatic N) is 4. The van der Waals surface area contributed by atoms with Gasteiger partial charge in [0, 0.05) is 21.4 Å². The first kappa shape index (κ1) is 11.8. The van der Waals surface area contributed by atoms with Crippen LogP contribution in [0.15, 0.2) is 53.2 Å². The highest BCUT2D eigenvalue weighted by Crippen LogP contribution is 2.28. The Morgan fingerprint density at radius 1 is 0.944 bits per heavy atom. The lowest BCUT2D eigenvalue weighted by atomic mass is 10.2. The molecular formula is C12H7IN4S. The SMILES string of the molecule is Ic1cnc(Sc2ncnc3ccccc23)nc1. The van der Waals surface area contributed by atoms with Gasteiger partial charge in [-0.05, 0) is 40.4 Å². The fraction of sp³-hybridized carbons (Fsp3) is 0. The maximum Gasteiger partial charge on any atom is 0.193 e. The molecule has 6 heteroatoms. The highest BCUT2D eigenvalue weighted by atomic mass is 127. The average molecular weight is 366 g/mol. The molecule has 0 aliphatic rings. The second-order valence-electron chi connectivity index (χ2n) is 3.48. The van der Waals surface area contributed by atoms with Crippen LogP contribution in [0.3, 0.4) is 0 Å². The largest absolute Gasteiger partial charge is 0.236 e. The molecule has 0 aliphatic heterocycles. The Balaban J connectivity index is 2.02. The number of hydrogen-bond donors (Lipinski definition) is 0. The summed E-state index contributed by atoms with van der Waals surface area (Å²) in [7, 11) is 0. The van der Waals surface area contributed by atoms with Crippen molar-refractivity contribution in [2.45, 2.75) is 10.2 Å². The predicted octanol–water partition coefficient (Wildman–Crippen LogP) is 3.18. The Labute approximate surface area is 121 Å². The minimum absolute atomic E-state index is 0.694. The van der Waals surface area contributed by atoms with Crippen molar-refractivity contribution in [1.29, 1.82) is 0 Å². The molecule has 4 nitrogen and oxygen atoms in total. The normalized spacial score (nSPS) is 10.7. The third-order valence-corrected chi connectivity index (χ3v) is 3.76. The topological polar surface area (TPSA) is 51.6 Å². The van der Waals surface area contributed by atoms with E-state index in [1.54, 1.807) is 18.7 Å². The van der Waals surface area contributed by atoms with Gasteiger partial charge in [-0.3, -0.25) is 0 Å². The summed E-state index contributed by atoms with van der Waals surface area (Å²) in [6.45, 7) is 0. The molecule has 2 heterocycles. The van der Waals surface area contributed by atoms with Crippen molar-refractivity contribution in [1.82, 2.24) is 19.9 Å². The van der Waals surface area contributed by atoms with Crippen LogP contribution in [0.4, 0.5) is 0 Å². The molecule has 88 valence electrons. The molecule has 0 saturated heterocycles. The van der Waals surface area contributed by atoms with Gasteiger partial charge in [0.15, 0.2) is 5.16 Å². The molecule has 0 unspecified atom stereocenters. The van der Waals surface area contributed by atoms with E-state index in [2.05, 4.69) is 42.5 Å². The summed E-state index contributed by atoms with van der Waals surface area (Å²) in [5, 5.41) is 2.59. The van der Waals surface area contributed by atoms with Crippen LogP contribution in [0.5, 0.6) is 0 Å². The molecular weight excluding hydrogens is 359 g/mol. The molecule has 0 radical (unpaired) electrons. The van der Waals surface area contributed by atoms with Gasteiger partial charge in [-0.1, -0.05) is 18.2 Å². The number of aromatic nitrogens is 4. The van der Waals surface area contributed by atoms with Gasteiger partial charge in [0.2, 0.25) is 0 Å². The van der Waals surface area contributed by atoms with E-state index in [9.17, 15) is 0 Å². The first-order chi connectivity index (χ1) is 8.83. The van der Waals surface area contributed by atoms with Crippen molar-refractivity contribution in [3.05, 3.63) is 46.6 Å². The molecule has 3 aromatic rings. The number of benzene rings is 1. The van der Waals surface area contributed by atoms with Gasteiger partial charge in [-0.25, -0.2) is 19.9 Å². The molecule has 3 rings (SSSR count). The highest BCUT2D eigenvalue weighted by molar-refractivity contribution is 14.1. The lowest BCUT2D eigenvalue weighted by Crippen LogP contribution is -1.90. The Morgan fingerprint density at radius 3 is 2.56 bits per heavy atom. The molecule has 0 N–H and O–H groups in total. The first-order valence-corrected chi connectivity index (χ1v) is 7.07. The number of hydrogen-bond acceptors (Lipinski definition) is 5. The lowest BCUT2D eigenvalue weighted by Gasteiger charge is -2.02. The molecule has 0 amide bonds. The molecule has 0 fully saturated rings. The van der Waals surface area contributed by atoms with Gasteiger partial charge >= 0.3 is 0 Å². The fourth-order valence-corrected chi connectivity index (χ4v) is 2.55. The van der Waals surface area contributed by atoms with Crippen LogP contribution in [0.2, 0.25) is 0 Å². The third kappa shape index (κ3) is 2.44. The number of halogens is 1. The van der Waals surface area contributed by atoms with Crippen molar-refractivity contribution in [3.63, 3.8) is 0 Å². The Hall–Kier alpha value is -1.28. The average Bonchev–Trinajstić information content (AvgIpc) is 2.42. The molecule has 18 heavy (non-hydrogen) atoms. The lowest BCUT2D eigenvalue weighted by molar-refractivity contribution is 0.951. The van der Waals surface area contributed by atoms with Crippen molar-refractivity contribution < 1.29 is 0 Å². The maximum atomic E-state index is 4.29. The zero-order valence-electron chi connectivity index (χ0n) is 9.12. The second kappa shape index (κ2) is 5.15. The molecule has 2 aromatic heterocycles. The minimum atomic E-state index is 0.694. The van der Waals surface area contributed by atoms with E-state index in [-0.39, 0.29) is 0 Å². The summed E-state index contributed by atoms with van der Waals surface area (Å²) >= 11 is 3.63. The van der Waals surface area contributed by atoms with Crippen LogP contribution < -0.4 is 0 Å². The summed E-state index contributed by atoms with van der Waals surface area (Å²) in [5.74, 6) is 0. The van der Waals surface area contributed by atoms with Gasteiger partial charge in [0.1, 0.15) is 11.4 Å². The molecule has 0 aliphatic carbocycles. The summed E-state index contributed by atoms with van der Waals surface area (Å²) in [5.41, 5.74) is 0.931. The number of para-hydroxylation sites is 1.